The highest BCUT2D eigenvalue weighted by molar-refractivity contribution is 9.10. The molecule has 0 aliphatic carbocycles. The zero-order valence-electron chi connectivity index (χ0n) is 10.8. The molecule has 0 amide bonds. The molecule has 0 spiro atoms. The van der Waals surface area contributed by atoms with Gasteiger partial charge in [-0.15, -0.1) is 0 Å². The van der Waals surface area contributed by atoms with Crippen LogP contribution < -0.4 is 0 Å². The number of benzene rings is 2. The molecule has 2 rings (SSSR count). The fraction of sp³-hybridized carbons (Fsp3) is 0. The normalized spacial score (nSPS) is 10.7. The second kappa shape index (κ2) is 6.37. The van der Waals surface area contributed by atoms with Crippen molar-refractivity contribution in [2.75, 3.05) is 0 Å². The third-order valence-electron chi connectivity index (χ3n) is 2.83. The van der Waals surface area contributed by atoms with E-state index in [4.69, 9.17) is 10.2 Å². The Kier molecular flexibility index (Phi) is 4.55. The lowest BCUT2D eigenvalue weighted by molar-refractivity contribution is 0.0681. The van der Waals surface area contributed by atoms with E-state index < -0.39 is 11.9 Å². The van der Waals surface area contributed by atoms with Crippen molar-refractivity contribution in [2.45, 2.75) is 0 Å². The lowest BCUT2D eigenvalue weighted by Gasteiger charge is -2.03. The first kappa shape index (κ1) is 15.0. The summed E-state index contributed by atoms with van der Waals surface area (Å²) in [5, 5.41) is 18.1. The molecule has 0 heterocycles. The molecule has 0 saturated carbocycles. The number of rotatable bonds is 4. The van der Waals surface area contributed by atoms with Crippen LogP contribution in [-0.4, -0.2) is 22.2 Å². The van der Waals surface area contributed by atoms with Gasteiger partial charge < -0.3 is 10.2 Å². The van der Waals surface area contributed by atoms with Crippen LogP contribution in [0.15, 0.2) is 46.9 Å². The number of hydrogen-bond acceptors (Lipinski definition) is 2. The van der Waals surface area contributed by atoms with Gasteiger partial charge in [0.2, 0.25) is 0 Å². The van der Waals surface area contributed by atoms with E-state index in [0.29, 0.717) is 5.56 Å². The van der Waals surface area contributed by atoms with E-state index in [1.165, 1.54) is 18.2 Å². The number of halogens is 1. The van der Waals surface area contributed by atoms with Crippen LogP contribution in [0, 0.1) is 0 Å². The lowest BCUT2D eigenvalue weighted by Crippen LogP contribution is -2.03. The standard InChI is InChI=1S/C16H11BrO4/c17-13-3-1-2-10(8-13)4-5-11-9-12(15(18)19)6-7-14(11)16(20)21/h1-9H,(H,18,19)(H,20,21)/b5-4+. The van der Waals surface area contributed by atoms with Gasteiger partial charge in [0.1, 0.15) is 0 Å². The fourth-order valence-corrected chi connectivity index (χ4v) is 2.24. The van der Waals surface area contributed by atoms with Crippen molar-refractivity contribution >= 4 is 40.0 Å². The van der Waals surface area contributed by atoms with E-state index in [0.717, 1.165) is 10.0 Å². The highest BCUT2D eigenvalue weighted by Gasteiger charge is 2.11. The number of carboxylic acids is 2. The molecule has 5 heteroatoms. The smallest absolute Gasteiger partial charge is 0.336 e. The van der Waals surface area contributed by atoms with Crippen LogP contribution in [-0.2, 0) is 0 Å². The number of aromatic carboxylic acids is 2. The van der Waals surface area contributed by atoms with Gasteiger partial charge in [-0.3, -0.25) is 0 Å². The Balaban J connectivity index is 2.43. The minimum Gasteiger partial charge on any atom is -0.478 e. The van der Waals surface area contributed by atoms with Crippen LogP contribution in [0.25, 0.3) is 12.2 Å². The van der Waals surface area contributed by atoms with Crippen molar-refractivity contribution in [3.63, 3.8) is 0 Å². The summed E-state index contributed by atoms with van der Waals surface area (Å²) in [6.07, 6.45) is 3.33. The zero-order chi connectivity index (χ0) is 15.4. The van der Waals surface area contributed by atoms with Gasteiger partial charge >= 0.3 is 11.9 Å². The summed E-state index contributed by atoms with van der Waals surface area (Å²) in [5.74, 6) is -2.19. The third kappa shape index (κ3) is 3.79. The molecule has 2 aromatic carbocycles. The second-order valence-corrected chi connectivity index (χ2v) is 5.22. The van der Waals surface area contributed by atoms with Gasteiger partial charge in [0.25, 0.3) is 0 Å². The molecule has 0 saturated heterocycles. The Morgan fingerprint density at radius 1 is 0.952 bits per heavy atom. The molecule has 0 radical (unpaired) electrons. The Labute approximate surface area is 129 Å². The SMILES string of the molecule is O=C(O)c1ccc(C(=O)O)c(/C=C/c2cccc(Br)c2)c1. The molecule has 2 aromatic rings. The van der Waals surface area contributed by atoms with Crippen molar-refractivity contribution < 1.29 is 19.8 Å². The Morgan fingerprint density at radius 2 is 1.71 bits per heavy atom. The van der Waals surface area contributed by atoms with E-state index in [2.05, 4.69) is 15.9 Å². The topological polar surface area (TPSA) is 74.6 Å². The Hall–Kier alpha value is -2.40. The average Bonchev–Trinajstić information content (AvgIpc) is 2.44. The van der Waals surface area contributed by atoms with Crippen LogP contribution in [0.3, 0.4) is 0 Å². The van der Waals surface area contributed by atoms with E-state index in [1.54, 1.807) is 12.2 Å². The Morgan fingerprint density at radius 3 is 2.33 bits per heavy atom. The monoisotopic (exact) mass is 346 g/mol. The van der Waals surface area contributed by atoms with Crippen molar-refractivity contribution in [1.29, 1.82) is 0 Å². The highest BCUT2D eigenvalue weighted by atomic mass is 79.9. The zero-order valence-corrected chi connectivity index (χ0v) is 12.4. The van der Waals surface area contributed by atoms with Gasteiger partial charge in [0.05, 0.1) is 11.1 Å². The molecular weight excluding hydrogens is 336 g/mol. The summed E-state index contributed by atoms with van der Waals surface area (Å²) in [7, 11) is 0. The summed E-state index contributed by atoms with van der Waals surface area (Å²) in [4.78, 5) is 22.2. The minimum absolute atomic E-state index is 0.0499. The largest absolute Gasteiger partial charge is 0.478 e. The average molecular weight is 347 g/mol. The lowest BCUT2D eigenvalue weighted by atomic mass is 10.0. The van der Waals surface area contributed by atoms with E-state index in [9.17, 15) is 9.59 Å². The molecule has 0 atom stereocenters. The molecule has 2 N–H and O–H groups in total. The summed E-state index contributed by atoms with van der Waals surface area (Å²) in [6.45, 7) is 0. The molecule has 0 fully saturated rings. The molecule has 21 heavy (non-hydrogen) atoms. The van der Waals surface area contributed by atoms with Gasteiger partial charge in [0, 0.05) is 4.47 Å². The summed E-state index contributed by atoms with van der Waals surface area (Å²) < 4.78 is 0.905. The highest BCUT2D eigenvalue weighted by Crippen LogP contribution is 2.18. The first-order chi connectivity index (χ1) is 9.97. The number of carboxylic acid groups (broad SMARTS) is 2. The maximum Gasteiger partial charge on any atom is 0.336 e. The maximum absolute atomic E-state index is 11.2. The molecule has 0 aliphatic heterocycles. The molecular formula is C16H11BrO4. The van der Waals surface area contributed by atoms with Crippen molar-refractivity contribution in [3.8, 4) is 0 Å². The first-order valence-corrected chi connectivity index (χ1v) is 6.81. The van der Waals surface area contributed by atoms with E-state index >= 15 is 0 Å². The van der Waals surface area contributed by atoms with Crippen LogP contribution in [0.4, 0.5) is 0 Å². The quantitative estimate of drug-likeness (QED) is 0.820. The maximum atomic E-state index is 11.2. The minimum atomic E-state index is -1.10. The van der Waals surface area contributed by atoms with Gasteiger partial charge in [-0.25, -0.2) is 9.59 Å². The molecule has 0 aromatic heterocycles. The van der Waals surface area contributed by atoms with Gasteiger partial charge in [0.15, 0.2) is 0 Å². The number of hydrogen-bond donors (Lipinski definition) is 2. The predicted octanol–water partition coefficient (Wildman–Crippen LogP) is 4.02. The van der Waals surface area contributed by atoms with Gasteiger partial charge in [-0.2, -0.15) is 0 Å². The molecule has 106 valence electrons. The summed E-state index contributed by atoms with van der Waals surface area (Å²) in [5.41, 5.74) is 1.34. The fourth-order valence-electron chi connectivity index (χ4n) is 1.82. The molecule has 4 nitrogen and oxygen atoms in total. The summed E-state index contributed by atoms with van der Waals surface area (Å²) in [6, 6.07) is 11.4. The number of carbonyl (C=O) groups is 2. The predicted molar refractivity (Wildman–Crippen MR) is 83.4 cm³/mol. The molecule has 0 unspecified atom stereocenters. The molecule has 0 bridgehead atoms. The van der Waals surface area contributed by atoms with E-state index in [-0.39, 0.29) is 11.1 Å². The van der Waals surface area contributed by atoms with Crippen molar-refractivity contribution in [3.05, 3.63) is 69.2 Å². The van der Waals surface area contributed by atoms with Crippen LogP contribution in [0.2, 0.25) is 0 Å². The van der Waals surface area contributed by atoms with Gasteiger partial charge in [-0.05, 0) is 41.5 Å². The van der Waals surface area contributed by atoms with Crippen LogP contribution in [0.1, 0.15) is 31.8 Å². The molecule has 0 aliphatic rings. The van der Waals surface area contributed by atoms with Crippen molar-refractivity contribution in [2.24, 2.45) is 0 Å². The second-order valence-electron chi connectivity index (χ2n) is 4.30. The van der Waals surface area contributed by atoms with Crippen LogP contribution >= 0.6 is 15.9 Å². The summed E-state index contributed by atoms with van der Waals surface area (Å²) >= 11 is 3.35. The third-order valence-corrected chi connectivity index (χ3v) is 3.33. The van der Waals surface area contributed by atoms with E-state index in [1.807, 2.05) is 24.3 Å². The first-order valence-electron chi connectivity index (χ1n) is 6.01. The van der Waals surface area contributed by atoms with Crippen molar-refractivity contribution in [1.82, 2.24) is 0 Å². The van der Waals surface area contributed by atoms with Crippen LogP contribution in [0.5, 0.6) is 0 Å². The van der Waals surface area contributed by atoms with Gasteiger partial charge in [-0.1, -0.05) is 40.2 Å². The Bertz CT molecular complexity index is 735.